The fourth-order valence-corrected chi connectivity index (χ4v) is 3.51. The maximum atomic E-state index is 12.6. The molecule has 0 saturated carbocycles. The monoisotopic (exact) mass is 362 g/mol. The molecule has 132 valence electrons. The van der Waals surface area contributed by atoms with Crippen LogP contribution in [-0.4, -0.2) is 20.7 Å². The third kappa shape index (κ3) is 3.75. The van der Waals surface area contributed by atoms with Gasteiger partial charge in [-0.2, -0.15) is 0 Å². The average Bonchev–Trinajstić information content (AvgIpc) is 3.21. The first-order valence-electron chi connectivity index (χ1n) is 7.56. The molecule has 3 aromatic rings. The molecule has 0 aliphatic rings. The number of aromatic nitrogens is 1. The molecule has 0 spiro atoms. The van der Waals surface area contributed by atoms with Crippen molar-refractivity contribution in [1.82, 2.24) is 9.88 Å². The molecule has 0 unspecified atom stereocenters. The molecule has 1 N–H and O–H groups in total. The lowest BCUT2D eigenvalue weighted by molar-refractivity contribution is 0.401. The van der Waals surface area contributed by atoms with Crippen LogP contribution in [0.25, 0.3) is 11.3 Å². The van der Waals surface area contributed by atoms with Gasteiger partial charge in [-0.05, 0) is 44.2 Å². The van der Waals surface area contributed by atoms with E-state index in [4.69, 9.17) is 13.7 Å². The molecule has 7 nitrogen and oxygen atoms in total. The Morgan fingerprint density at radius 3 is 2.56 bits per heavy atom. The molecule has 0 bridgehead atoms. The minimum atomic E-state index is -3.77. The topological polar surface area (TPSA) is 94.6 Å². The van der Waals surface area contributed by atoms with Crippen LogP contribution in [0.5, 0.6) is 5.75 Å². The second-order valence-corrected chi connectivity index (χ2v) is 7.27. The molecular weight excluding hydrogens is 344 g/mol. The van der Waals surface area contributed by atoms with Gasteiger partial charge < -0.3 is 13.7 Å². The summed E-state index contributed by atoms with van der Waals surface area (Å²) in [5.74, 6) is 2.01. The molecular formula is C17H18N2O5S. The van der Waals surface area contributed by atoms with E-state index in [-0.39, 0.29) is 17.2 Å². The summed E-state index contributed by atoms with van der Waals surface area (Å²) in [6.07, 6.45) is 0. The Kier molecular flexibility index (Phi) is 4.65. The van der Waals surface area contributed by atoms with Crippen LogP contribution in [-0.2, 0) is 16.6 Å². The molecule has 0 amide bonds. The van der Waals surface area contributed by atoms with Crippen molar-refractivity contribution in [2.45, 2.75) is 25.3 Å². The number of hydrogen-bond acceptors (Lipinski definition) is 6. The standard InChI is InChI=1S/C17H18N2O5S/c1-11-8-15(24-19-11)13-5-7-17(16(9-13)22-3)25(20,21)18-10-14-6-4-12(2)23-14/h4-9,18H,10H2,1-3H3. The molecule has 8 heteroatoms. The number of nitrogens with zero attached hydrogens (tertiary/aromatic N) is 1. The Labute approximate surface area is 145 Å². The summed E-state index contributed by atoms with van der Waals surface area (Å²) in [6, 6.07) is 9.99. The van der Waals surface area contributed by atoms with E-state index >= 15 is 0 Å². The minimum absolute atomic E-state index is 0.0401. The molecule has 0 radical (unpaired) electrons. The summed E-state index contributed by atoms with van der Waals surface area (Å²) in [7, 11) is -2.35. The molecule has 0 aliphatic heterocycles. The molecule has 0 aliphatic carbocycles. The zero-order valence-corrected chi connectivity index (χ0v) is 14.9. The van der Waals surface area contributed by atoms with Crippen molar-refractivity contribution in [3.63, 3.8) is 0 Å². The number of hydrogen-bond donors (Lipinski definition) is 1. The van der Waals surface area contributed by atoms with Crippen molar-refractivity contribution < 1.29 is 22.1 Å². The van der Waals surface area contributed by atoms with Gasteiger partial charge in [-0.25, -0.2) is 13.1 Å². The average molecular weight is 362 g/mol. The van der Waals surface area contributed by atoms with E-state index in [1.165, 1.54) is 13.2 Å². The normalized spacial score (nSPS) is 11.6. The largest absolute Gasteiger partial charge is 0.495 e. The van der Waals surface area contributed by atoms with Gasteiger partial charge in [0.05, 0.1) is 19.3 Å². The number of benzene rings is 1. The summed E-state index contributed by atoms with van der Waals surface area (Å²) >= 11 is 0. The second-order valence-electron chi connectivity index (χ2n) is 5.54. The van der Waals surface area contributed by atoms with Gasteiger partial charge in [0.2, 0.25) is 10.0 Å². The van der Waals surface area contributed by atoms with E-state index in [0.717, 1.165) is 11.5 Å². The predicted octanol–water partition coefficient (Wildman–Crippen LogP) is 3.04. The molecule has 25 heavy (non-hydrogen) atoms. The first-order valence-corrected chi connectivity index (χ1v) is 9.04. The fraction of sp³-hybridized carbons (Fsp3) is 0.235. The van der Waals surface area contributed by atoms with E-state index < -0.39 is 10.0 Å². The summed E-state index contributed by atoms with van der Waals surface area (Å²) in [6.45, 7) is 3.66. The van der Waals surface area contributed by atoms with Crippen LogP contribution in [0.1, 0.15) is 17.2 Å². The lowest BCUT2D eigenvalue weighted by atomic mass is 10.1. The van der Waals surface area contributed by atoms with Gasteiger partial charge in [-0.1, -0.05) is 5.16 Å². The van der Waals surface area contributed by atoms with Crippen LogP contribution in [0.15, 0.2) is 50.2 Å². The lowest BCUT2D eigenvalue weighted by Crippen LogP contribution is -2.23. The van der Waals surface area contributed by atoms with Crippen molar-refractivity contribution in [1.29, 1.82) is 0 Å². The maximum absolute atomic E-state index is 12.6. The van der Waals surface area contributed by atoms with Gasteiger partial charge >= 0.3 is 0 Å². The quantitative estimate of drug-likeness (QED) is 0.724. The van der Waals surface area contributed by atoms with Gasteiger partial charge in [-0.3, -0.25) is 0 Å². The van der Waals surface area contributed by atoms with Crippen molar-refractivity contribution in [2.24, 2.45) is 0 Å². The van der Waals surface area contributed by atoms with E-state index in [2.05, 4.69) is 9.88 Å². The third-order valence-corrected chi connectivity index (χ3v) is 5.04. The van der Waals surface area contributed by atoms with Crippen LogP contribution in [0.2, 0.25) is 0 Å². The molecule has 2 aromatic heterocycles. The van der Waals surface area contributed by atoms with Crippen molar-refractivity contribution in [2.75, 3.05) is 7.11 Å². The van der Waals surface area contributed by atoms with E-state index in [1.54, 1.807) is 37.3 Å². The molecule has 0 fully saturated rings. The highest BCUT2D eigenvalue weighted by Crippen LogP contribution is 2.30. The van der Waals surface area contributed by atoms with Crippen LogP contribution in [0.4, 0.5) is 0 Å². The molecule has 2 heterocycles. The van der Waals surface area contributed by atoms with Crippen molar-refractivity contribution in [3.8, 4) is 17.1 Å². The van der Waals surface area contributed by atoms with E-state index in [1.807, 2.05) is 6.92 Å². The SMILES string of the molecule is COc1cc(-c2cc(C)no2)ccc1S(=O)(=O)NCc1ccc(C)o1. The second kappa shape index (κ2) is 6.73. The summed E-state index contributed by atoms with van der Waals surface area (Å²) in [4.78, 5) is 0.0401. The minimum Gasteiger partial charge on any atom is -0.495 e. The zero-order valence-electron chi connectivity index (χ0n) is 14.1. The fourth-order valence-electron chi connectivity index (χ4n) is 2.37. The lowest BCUT2D eigenvalue weighted by Gasteiger charge is -2.11. The highest BCUT2D eigenvalue weighted by atomic mass is 32.2. The molecule has 0 atom stereocenters. The number of methoxy groups -OCH3 is 1. The smallest absolute Gasteiger partial charge is 0.244 e. The number of nitrogens with one attached hydrogen (secondary N) is 1. The summed E-state index contributed by atoms with van der Waals surface area (Å²) < 4.78 is 43.5. The Balaban J connectivity index is 1.87. The highest BCUT2D eigenvalue weighted by Gasteiger charge is 2.21. The Hall–Kier alpha value is -2.58. The Morgan fingerprint density at radius 1 is 1.16 bits per heavy atom. The van der Waals surface area contributed by atoms with Gasteiger partial charge in [0.15, 0.2) is 5.76 Å². The van der Waals surface area contributed by atoms with E-state index in [0.29, 0.717) is 17.1 Å². The number of sulfonamides is 1. The van der Waals surface area contributed by atoms with E-state index in [9.17, 15) is 8.42 Å². The highest BCUT2D eigenvalue weighted by molar-refractivity contribution is 7.89. The van der Waals surface area contributed by atoms with Crippen molar-refractivity contribution >= 4 is 10.0 Å². The summed E-state index contributed by atoms with van der Waals surface area (Å²) in [5, 5.41) is 3.83. The van der Waals surface area contributed by atoms with Gasteiger partial charge in [0.25, 0.3) is 0 Å². The first-order chi connectivity index (χ1) is 11.9. The van der Waals surface area contributed by atoms with Gasteiger partial charge in [-0.15, -0.1) is 0 Å². The summed E-state index contributed by atoms with van der Waals surface area (Å²) in [5.41, 5.74) is 1.42. The number of ether oxygens (including phenoxy) is 1. The molecule has 0 saturated heterocycles. The maximum Gasteiger partial charge on any atom is 0.244 e. The van der Waals surface area contributed by atoms with Crippen molar-refractivity contribution in [3.05, 3.63) is 53.6 Å². The van der Waals surface area contributed by atoms with Gasteiger partial charge in [0, 0.05) is 11.6 Å². The zero-order chi connectivity index (χ0) is 18.0. The van der Waals surface area contributed by atoms with Gasteiger partial charge in [0.1, 0.15) is 22.2 Å². The van der Waals surface area contributed by atoms with Crippen LogP contribution in [0.3, 0.4) is 0 Å². The predicted molar refractivity (Wildman–Crippen MR) is 90.7 cm³/mol. The van der Waals surface area contributed by atoms with Crippen LogP contribution in [0, 0.1) is 13.8 Å². The van der Waals surface area contributed by atoms with Crippen LogP contribution < -0.4 is 9.46 Å². The number of rotatable bonds is 6. The Bertz CT molecular complexity index is 988. The molecule has 1 aromatic carbocycles. The van der Waals surface area contributed by atoms with Crippen LogP contribution >= 0.6 is 0 Å². The number of aryl methyl sites for hydroxylation is 2. The first kappa shape index (κ1) is 17.2. The molecule has 3 rings (SSSR count). The third-order valence-electron chi connectivity index (χ3n) is 3.60. The Morgan fingerprint density at radius 2 is 1.96 bits per heavy atom. The number of furan rings is 1.